The number of nitrogens with zero attached hydrogens (tertiary/aromatic N) is 3. The van der Waals surface area contributed by atoms with Crippen molar-refractivity contribution in [3.8, 4) is 0 Å². The van der Waals surface area contributed by atoms with Crippen LogP contribution in [-0.4, -0.2) is 39.9 Å². The fourth-order valence-electron chi connectivity index (χ4n) is 2.90. The van der Waals surface area contributed by atoms with Crippen LogP contribution in [0.25, 0.3) is 0 Å². The van der Waals surface area contributed by atoms with Crippen LogP contribution < -0.4 is 5.32 Å². The van der Waals surface area contributed by atoms with E-state index in [0.29, 0.717) is 6.04 Å². The van der Waals surface area contributed by atoms with Gasteiger partial charge in [0.1, 0.15) is 0 Å². The molecule has 1 unspecified atom stereocenters. The highest BCUT2D eigenvalue weighted by molar-refractivity contribution is 5.01. The van der Waals surface area contributed by atoms with Gasteiger partial charge < -0.3 is 5.32 Å². The number of hydrogen-bond acceptors (Lipinski definition) is 3. The van der Waals surface area contributed by atoms with E-state index in [0.717, 1.165) is 12.6 Å². The van der Waals surface area contributed by atoms with Crippen molar-refractivity contribution in [2.24, 2.45) is 7.05 Å². The Morgan fingerprint density at radius 3 is 2.89 bits per heavy atom. The summed E-state index contributed by atoms with van der Waals surface area (Å²) in [6, 6.07) is 3.66. The standard InChI is InChI=1S/C14H24N4/c1-17-9-7-13(16-17)11-18(14-5-6-14)10-12-4-2-3-8-15-12/h7,9,12,14-15H,2-6,8,10-11H2,1H3. The number of aromatic nitrogens is 2. The third kappa shape index (κ3) is 3.12. The van der Waals surface area contributed by atoms with Crippen LogP contribution in [0.3, 0.4) is 0 Å². The summed E-state index contributed by atoms with van der Waals surface area (Å²) in [5, 5.41) is 8.16. The van der Waals surface area contributed by atoms with Gasteiger partial charge in [0.2, 0.25) is 0 Å². The predicted molar refractivity (Wildman–Crippen MR) is 72.3 cm³/mol. The maximum absolute atomic E-state index is 4.51. The van der Waals surface area contributed by atoms with E-state index >= 15 is 0 Å². The molecule has 0 spiro atoms. The van der Waals surface area contributed by atoms with E-state index in [9.17, 15) is 0 Å². The van der Waals surface area contributed by atoms with Gasteiger partial charge in [0.25, 0.3) is 0 Å². The molecule has 2 fully saturated rings. The zero-order valence-corrected chi connectivity index (χ0v) is 11.3. The molecule has 1 aliphatic carbocycles. The summed E-state index contributed by atoms with van der Waals surface area (Å²) in [5.74, 6) is 0. The lowest BCUT2D eigenvalue weighted by Crippen LogP contribution is -2.44. The van der Waals surface area contributed by atoms with Crippen molar-refractivity contribution in [2.45, 2.75) is 50.7 Å². The highest BCUT2D eigenvalue weighted by atomic mass is 15.3. The van der Waals surface area contributed by atoms with Gasteiger partial charge in [-0.15, -0.1) is 0 Å². The molecule has 4 nitrogen and oxygen atoms in total. The van der Waals surface area contributed by atoms with E-state index in [4.69, 9.17) is 0 Å². The van der Waals surface area contributed by atoms with Crippen molar-refractivity contribution < 1.29 is 0 Å². The molecule has 100 valence electrons. The summed E-state index contributed by atoms with van der Waals surface area (Å²) >= 11 is 0. The average Bonchev–Trinajstić information content (AvgIpc) is 3.15. The Morgan fingerprint density at radius 2 is 2.28 bits per heavy atom. The maximum Gasteiger partial charge on any atom is 0.0764 e. The number of piperidine rings is 1. The highest BCUT2D eigenvalue weighted by Gasteiger charge is 2.31. The largest absolute Gasteiger partial charge is 0.313 e. The van der Waals surface area contributed by atoms with Crippen molar-refractivity contribution in [3.05, 3.63) is 18.0 Å². The Morgan fingerprint density at radius 1 is 1.39 bits per heavy atom. The van der Waals surface area contributed by atoms with Crippen LogP contribution in [0.4, 0.5) is 0 Å². The van der Waals surface area contributed by atoms with Gasteiger partial charge in [0, 0.05) is 38.4 Å². The van der Waals surface area contributed by atoms with E-state index in [1.165, 1.54) is 50.9 Å². The lowest BCUT2D eigenvalue weighted by Gasteiger charge is -2.30. The molecule has 0 radical (unpaired) electrons. The van der Waals surface area contributed by atoms with Crippen LogP contribution >= 0.6 is 0 Å². The van der Waals surface area contributed by atoms with Crippen molar-refractivity contribution in [3.63, 3.8) is 0 Å². The molecule has 0 aromatic carbocycles. The van der Waals surface area contributed by atoms with E-state index < -0.39 is 0 Å². The van der Waals surface area contributed by atoms with Gasteiger partial charge in [-0.05, 0) is 38.3 Å². The topological polar surface area (TPSA) is 33.1 Å². The Bertz CT molecular complexity index is 377. The second-order valence-corrected chi connectivity index (χ2v) is 5.79. The van der Waals surface area contributed by atoms with Crippen molar-refractivity contribution in [1.29, 1.82) is 0 Å². The monoisotopic (exact) mass is 248 g/mol. The van der Waals surface area contributed by atoms with Crippen LogP contribution in [0.1, 0.15) is 37.8 Å². The summed E-state index contributed by atoms with van der Waals surface area (Å²) in [6.45, 7) is 3.41. The number of nitrogens with one attached hydrogen (secondary N) is 1. The molecule has 3 rings (SSSR count). The molecule has 4 heteroatoms. The first-order chi connectivity index (χ1) is 8.81. The van der Waals surface area contributed by atoms with Crippen LogP contribution in [0, 0.1) is 0 Å². The minimum atomic E-state index is 0.697. The van der Waals surface area contributed by atoms with Gasteiger partial charge in [-0.25, -0.2) is 0 Å². The maximum atomic E-state index is 4.51. The predicted octanol–water partition coefficient (Wildman–Crippen LogP) is 1.53. The van der Waals surface area contributed by atoms with Gasteiger partial charge >= 0.3 is 0 Å². The molecule has 1 saturated carbocycles. The molecule has 2 aliphatic rings. The average molecular weight is 248 g/mol. The van der Waals surface area contributed by atoms with E-state index in [1.807, 2.05) is 17.9 Å². The number of hydrogen-bond donors (Lipinski definition) is 1. The summed E-state index contributed by atoms with van der Waals surface area (Å²) in [6.07, 6.45) is 8.86. The molecule has 1 aliphatic heterocycles. The van der Waals surface area contributed by atoms with Crippen LogP contribution in [0.5, 0.6) is 0 Å². The Balaban J connectivity index is 1.57. The lowest BCUT2D eigenvalue weighted by atomic mass is 10.0. The zero-order chi connectivity index (χ0) is 12.4. The summed E-state index contributed by atoms with van der Waals surface area (Å²) in [7, 11) is 1.99. The highest BCUT2D eigenvalue weighted by Crippen LogP contribution is 2.28. The Hall–Kier alpha value is -0.870. The fraction of sp³-hybridized carbons (Fsp3) is 0.786. The smallest absolute Gasteiger partial charge is 0.0764 e. The van der Waals surface area contributed by atoms with Crippen LogP contribution in [-0.2, 0) is 13.6 Å². The molecule has 0 bridgehead atoms. The van der Waals surface area contributed by atoms with Gasteiger partial charge in [0.15, 0.2) is 0 Å². The third-order valence-electron chi connectivity index (χ3n) is 4.06. The molecule has 18 heavy (non-hydrogen) atoms. The Kier molecular flexibility index (Phi) is 3.66. The van der Waals surface area contributed by atoms with Crippen molar-refractivity contribution in [1.82, 2.24) is 20.0 Å². The molecule has 1 N–H and O–H groups in total. The third-order valence-corrected chi connectivity index (χ3v) is 4.06. The van der Waals surface area contributed by atoms with Crippen molar-refractivity contribution in [2.75, 3.05) is 13.1 Å². The quantitative estimate of drug-likeness (QED) is 0.858. The van der Waals surface area contributed by atoms with Gasteiger partial charge in [-0.1, -0.05) is 6.42 Å². The zero-order valence-electron chi connectivity index (χ0n) is 11.3. The molecule has 2 heterocycles. The minimum absolute atomic E-state index is 0.697. The number of rotatable bonds is 5. The lowest BCUT2D eigenvalue weighted by molar-refractivity contribution is 0.206. The minimum Gasteiger partial charge on any atom is -0.313 e. The first-order valence-corrected chi connectivity index (χ1v) is 7.27. The Labute approximate surface area is 109 Å². The fourth-order valence-corrected chi connectivity index (χ4v) is 2.90. The first-order valence-electron chi connectivity index (χ1n) is 7.27. The molecule has 1 saturated heterocycles. The SMILES string of the molecule is Cn1ccc(CN(CC2CCCCN2)C2CC2)n1. The van der Waals surface area contributed by atoms with Gasteiger partial charge in [-0.3, -0.25) is 9.58 Å². The molecule has 1 aromatic rings. The molecule has 1 aromatic heterocycles. The van der Waals surface area contributed by atoms with Crippen LogP contribution in [0.15, 0.2) is 12.3 Å². The molecule has 1 atom stereocenters. The molecule has 0 amide bonds. The van der Waals surface area contributed by atoms with Gasteiger partial charge in [-0.2, -0.15) is 5.10 Å². The summed E-state index contributed by atoms with van der Waals surface area (Å²) < 4.78 is 1.90. The second kappa shape index (κ2) is 5.41. The summed E-state index contributed by atoms with van der Waals surface area (Å²) in [5.41, 5.74) is 1.21. The normalized spacial score (nSPS) is 24.7. The van der Waals surface area contributed by atoms with Gasteiger partial charge in [0.05, 0.1) is 5.69 Å². The first kappa shape index (κ1) is 12.2. The molecular formula is C14H24N4. The van der Waals surface area contributed by atoms with E-state index in [1.54, 1.807) is 0 Å². The second-order valence-electron chi connectivity index (χ2n) is 5.79. The van der Waals surface area contributed by atoms with E-state index in [-0.39, 0.29) is 0 Å². The van der Waals surface area contributed by atoms with Crippen LogP contribution in [0.2, 0.25) is 0 Å². The van der Waals surface area contributed by atoms with Crippen molar-refractivity contribution >= 4 is 0 Å². The summed E-state index contributed by atoms with van der Waals surface area (Å²) in [4.78, 5) is 2.63. The number of aryl methyl sites for hydroxylation is 1. The molecular weight excluding hydrogens is 224 g/mol. The van der Waals surface area contributed by atoms with E-state index in [2.05, 4.69) is 21.4 Å².